The second kappa shape index (κ2) is 10.3. The zero-order valence-electron chi connectivity index (χ0n) is 18.0. The zero-order valence-corrected chi connectivity index (χ0v) is 18.7. The van der Waals surface area contributed by atoms with Crippen LogP contribution in [0.5, 0.6) is 11.5 Å². The predicted octanol–water partition coefficient (Wildman–Crippen LogP) is 2.80. The Morgan fingerprint density at radius 1 is 1.17 bits per heavy atom. The highest BCUT2D eigenvalue weighted by molar-refractivity contribution is 6.31. The Labute approximate surface area is 180 Å². The molecule has 2 heterocycles. The summed E-state index contributed by atoms with van der Waals surface area (Å²) < 4.78 is 5.24. The number of phenols is 1. The summed E-state index contributed by atoms with van der Waals surface area (Å²) in [6, 6.07) is 4.98. The van der Waals surface area contributed by atoms with Gasteiger partial charge in [0.25, 0.3) is 0 Å². The van der Waals surface area contributed by atoms with Gasteiger partial charge in [0, 0.05) is 62.0 Å². The van der Waals surface area contributed by atoms with Crippen molar-refractivity contribution in [2.75, 3.05) is 46.4 Å². The number of aliphatic hydroxyl groups is 1. The lowest BCUT2D eigenvalue weighted by Gasteiger charge is -2.48. The van der Waals surface area contributed by atoms with Gasteiger partial charge in [0.15, 0.2) is 11.5 Å². The summed E-state index contributed by atoms with van der Waals surface area (Å²) >= 11 is 6.37. The number of phenolic OH excluding ortho intramolecular Hbond substituents is 1. The Morgan fingerprint density at radius 3 is 2.52 bits per heavy atom. The van der Waals surface area contributed by atoms with Gasteiger partial charge in [0.2, 0.25) is 0 Å². The number of halogens is 1. The molecule has 2 N–H and O–H groups in total. The van der Waals surface area contributed by atoms with Crippen molar-refractivity contribution in [2.45, 2.75) is 57.8 Å². The monoisotopic (exact) mass is 425 g/mol. The number of methoxy groups -OCH3 is 1. The number of hydrogen-bond donors (Lipinski definition) is 2. The van der Waals surface area contributed by atoms with Crippen LogP contribution >= 0.6 is 11.6 Å². The average molecular weight is 426 g/mol. The van der Waals surface area contributed by atoms with Gasteiger partial charge in [-0.25, -0.2) is 0 Å². The van der Waals surface area contributed by atoms with Crippen molar-refractivity contribution in [3.63, 3.8) is 0 Å². The van der Waals surface area contributed by atoms with Gasteiger partial charge in [0.1, 0.15) is 0 Å². The molecule has 29 heavy (non-hydrogen) atoms. The third-order valence-electron chi connectivity index (χ3n) is 6.51. The number of aromatic hydroxyl groups is 1. The molecule has 0 spiro atoms. The van der Waals surface area contributed by atoms with Crippen LogP contribution in [-0.2, 0) is 6.54 Å². The van der Waals surface area contributed by atoms with Crippen LogP contribution in [0.3, 0.4) is 0 Å². The fourth-order valence-corrected chi connectivity index (χ4v) is 5.03. The number of aliphatic hydroxyl groups excluding tert-OH is 1. The van der Waals surface area contributed by atoms with Crippen LogP contribution in [0.1, 0.15) is 38.7 Å². The fraction of sp³-hybridized carbons (Fsp3) is 0.727. The standard InChI is InChI=1S/C22H36ClN3O3/c1-16(2)25-7-4-18(5-8-25)26-10-9-24(15-19(26)6-11-27)14-17-12-22(29-3)21(28)13-20(17)23/h12-13,16,18-19,27-28H,4-11,14-15H2,1-3H3/t19-/m0/s1. The summed E-state index contributed by atoms with van der Waals surface area (Å²) in [5.41, 5.74) is 0.961. The van der Waals surface area contributed by atoms with E-state index in [1.54, 1.807) is 13.2 Å². The van der Waals surface area contributed by atoms with Gasteiger partial charge in [-0.05, 0) is 57.8 Å². The molecule has 0 aliphatic carbocycles. The topological polar surface area (TPSA) is 59.4 Å². The number of piperazine rings is 1. The molecule has 0 radical (unpaired) electrons. The quantitative estimate of drug-likeness (QED) is 0.700. The second-order valence-corrected chi connectivity index (χ2v) is 9.02. The summed E-state index contributed by atoms with van der Waals surface area (Å²) in [6.07, 6.45) is 3.22. The predicted molar refractivity (Wildman–Crippen MR) is 117 cm³/mol. The van der Waals surface area contributed by atoms with E-state index in [1.165, 1.54) is 12.8 Å². The van der Waals surface area contributed by atoms with E-state index in [9.17, 15) is 10.2 Å². The lowest BCUT2D eigenvalue weighted by Crippen LogP contribution is -2.58. The van der Waals surface area contributed by atoms with Crippen molar-refractivity contribution >= 4 is 11.6 Å². The molecule has 2 saturated heterocycles. The smallest absolute Gasteiger partial charge is 0.160 e. The Morgan fingerprint density at radius 2 is 1.90 bits per heavy atom. The summed E-state index contributed by atoms with van der Waals surface area (Å²) in [5, 5.41) is 20.1. The molecule has 164 valence electrons. The summed E-state index contributed by atoms with van der Waals surface area (Å²) in [5.74, 6) is 0.517. The lowest BCUT2D eigenvalue weighted by molar-refractivity contribution is -0.0000388. The first-order valence-corrected chi connectivity index (χ1v) is 11.2. The first-order chi connectivity index (χ1) is 13.9. The van der Waals surface area contributed by atoms with Crippen molar-refractivity contribution in [3.05, 3.63) is 22.7 Å². The first-order valence-electron chi connectivity index (χ1n) is 10.8. The molecular weight excluding hydrogens is 390 g/mol. The number of likely N-dealkylation sites (tertiary alicyclic amines) is 1. The van der Waals surface area contributed by atoms with E-state index in [4.69, 9.17) is 16.3 Å². The Balaban J connectivity index is 1.63. The van der Waals surface area contributed by atoms with E-state index in [2.05, 4.69) is 28.5 Å². The average Bonchev–Trinajstić information content (AvgIpc) is 2.70. The number of benzene rings is 1. The first kappa shape index (κ1) is 22.6. The summed E-state index contributed by atoms with van der Waals surface area (Å²) in [6.45, 7) is 10.7. The Kier molecular flexibility index (Phi) is 8.05. The minimum absolute atomic E-state index is 0.0666. The molecule has 0 amide bonds. The SMILES string of the molecule is COc1cc(CN2CCN(C3CCN(C(C)C)CC3)[C@@H](CCO)C2)c(Cl)cc1O. The number of nitrogens with zero attached hydrogens (tertiary/aromatic N) is 3. The van der Waals surface area contributed by atoms with Crippen LogP contribution in [0, 0.1) is 0 Å². The molecule has 2 aliphatic heterocycles. The van der Waals surface area contributed by atoms with Crippen LogP contribution in [-0.4, -0.2) is 89.5 Å². The van der Waals surface area contributed by atoms with Gasteiger partial charge in [-0.15, -0.1) is 0 Å². The number of rotatable bonds is 7. The van der Waals surface area contributed by atoms with Crippen molar-refractivity contribution < 1.29 is 14.9 Å². The lowest BCUT2D eigenvalue weighted by atomic mass is 9.97. The third kappa shape index (κ3) is 5.56. The molecule has 2 aliphatic rings. The summed E-state index contributed by atoms with van der Waals surface area (Å²) in [4.78, 5) is 7.61. The number of piperidine rings is 1. The van der Waals surface area contributed by atoms with Crippen molar-refractivity contribution in [3.8, 4) is 11.5 Å². The van der Waals surface area contributed by atoms with Gasteiger partial charge >= 0.3 is 0 Å². The number of hydrogen-bond acceptors (Lipinski definition) is 6. The molecule has 6 nitrogen and oxygen atoms in total. The maximum absolute atomic E-state index is 9.90. The molecule has 0 saturated carbocycles. The molecule has 0 unspecified atom stereocenters. The maximum atomic E-state index is 9.90. The Bertz CT molecular complexity index is 665. The normalized spacial score (nSPS) is 23.0. The van der Waals surface area contributed by atoms with Crippen molar-refractivity contribution in [2.24, 2.45) is 0 Å². The van der Waals surface area contributed by atoms with Crippen LogP contribution in [0.15, 0.2) is 12.1 Å². The highest BCUT2D eigenvalue weighted by atomic mass is 35.5. The van der Waals surface area contributed by atoms with E-state index in [1.807, 2.05) is 6.07 Å². The largest absolute Gasteiger partial charge is 0.504 e. The molecular formula is C22H36ClN3O3. The second-order valence-electron chi connectivity index (χ2n) is 8.62. The van der Waals surface area contributed by atoms with Gasteiger partial charge < -0.3 is 19.8 Å². The van der Waals surface area contributed by atoms with Crippen molar-refractivity contribution in [1.82, 2.24) is 14.7 Å². The zero-order chi connectivity index (χ0) is 21.0. The molecule has 2 fully saturated rings. The van der Waals surface area contributed by atoms with E-state index in [0.29, 0.717) is 28.9 Å². The van der Waals surface area contributed by atoms with E-state index in [0.717, 1.165) is 51.3 Å². The van der Waals surface area contributed by atoms with E-state index < -0.39 is 0 Å². The molecule has 0 bridgehead atoms. The minimum atomic E-state index is 0.0666. The molecule has 1 aromatic rings. The summed E-state index contributed by atoms with van der Waals surface area (Å²) in [7, 11) is 1.55. The van der Waals surface area contributed by atoms with Crippen LogP contribution in [0.2, 0.25) is 5.02 Å². The molecule has 3 rings (SSSR count). The minimum Gasteiger partial charge on any atom is -0.504 e. The van der Waals surface area contributed by atoms with Gasteiger partial charge in [-0.3, -0.25) is 9.80 Å². The van der Waals surface area contributed by atoms with E-state index in [-0.39, 0.29) is 12.4 Å². The molecule has 7 heteroatoms. The highest BCUT2D eigenvalue weighted by Gasteiger charge is 2.34. The third-order valence-corrected chi connectivity index (χ3v) is 6.87. The fourth-order valence-electron chi connectivity index (χ4n) is 4.81. The van der Waals surface area contributed by atoms with E-state index >= 15 is 0 Å². The maximum Gasteiger partial charge on any atom is 0.160 e. The van der Waals surface area contributed by atoms with Crippen molar-refractivity contribution in [1.29, 1.82) is 0 Å². The van der Waals surface area contributed by atoms with Crippen LogP contribution in [0.25, 0.3) is 0 Å². The molecule has 1 atom stereocenters. The number of ether oxygens (including phenoxy) is 1. The van der Waals surface area contributed by atoms with Gasteiger partial charge in [-0.2, -0.15) is 0 Å². The Hall–Kier alpha value is -1.05. The molecule has 1 aromatic carbocycles. The molecule has 0 aromatic heterocycles. The van der Waals surface area contributed by atoms with Gasteiger partial charge in [0.05, 0.1) is 7.11 Å². The van der Waals surface area contributed by atoms with Crippen LogP contribution in [0.4, 0.5) is 0 Å². The highest BCUT2D eigenvalue weighted by Crippen LogP contribution is 2.33. The van der Waals surface area contributed by atoms with Gasteiger partial charge in [-0.1, -0.05) is 11.6 Å². The van der Waals surface area contributed by atoms with Crippen LogP contribution < -0.4 is 4.74 Å².